The second-order valence-electron chi connectivity index (χ2n) is 5.06. The smallest absolute Gasteiger partial charge is 0.210 e. The highest BCUT2D eigenvalue weighted by Gasteiger charge is 2.14. The summed E-state index contributed by atoms with van der Waals surface area (Å²) in [5.74, 6) is 0.720. The van der Waals surface area contributed by atoms with Crippen LogP contribution in [0.25, 0.3) is 0 Å². The van der Waals surface area contributed by atoms with Gasteiger partial charge in [-0.05, 0) is 48.4 Å². The standard InChI is InChI=1S/C16H16Cl2FNO2S2/c1-11-9-12(5-6-16(11)19)24(21,22)20-7-8-23-10-13-14(17)3-2-4-15(13)18/h2-6,9,20H,7-8,10H2,1H3. The van der Waals surface area contributed by atoms with Crippen LogP contribution in [0.1, 0.15) is 11.1 Å². The first kappa shape index (κ1) is 19.5. The zero-order valence-electron chi connectivity index (χ0n) is 12.9. The zero-order chi connectivity index (χ0) is 17.7. The van der Waals surface area contributed by atoms with Gasteiger partial charge in [0.1, 0.15) is 5.82 Å². The van der Waals surface area contributed by atoms with E-state index in [9.17, 15) is 12.8 Å². The van der Waals surface area contributed by atoms with Crippen LogP contribution in [-0.4, -0.2) is 20.7 Å². The Morgan fingerprint density at radius 3 is 2.46 bits per heavy atom. The van der Waals surface area contributed by atoms with Crippen molar-refractivity contribution in [3.63, 3.8) is 0 Å². The van der Waals surface area contributed by atoms with Gasteiger partial charge in [-0.15, -0.1) is 0 Å². The number of benzene rings is 2. The van der Waals surface area contributed by atoms with Crippen molar-refractivity contribution in [1.29, 1.82) is 0 Å². The topological polar surface area (TPSA) is 46.2 Å². The average molecular weight is 408 g/mol. The van der Waals surface area contributed by atoms with Gasteiger partial charge in [0.25, 0.3) is 0 Å². The molecule has 0 unspecified atom stereocenters. The third kappa shape index (κ3) is 5.10. The molecule has 0 saturated carbocycles. The zero-order valence-corrected chi connectivity index (χ0v) is 16.0. The van der Waals surface area contributed by atoms with Crippen molar-refractivity contribution in [2.75, 3.05) is 12.3 Å². The van der Waals surface area contributed by atoms with Gasteiger partial charge in [0.2, 0.25) is 10.0 Å². The van der Waals surface area contributed by atoms with Gasteiger partial charge in [0.15, 0.2) is 0 Å². The molecule has 0 bridgehead atoms. The molecule has 0 aromatic heterocycles. The largest absolute Gasteiger partial charge is 0.240 e. The highest BCUT2D eigenvalue weighted by atomic mass is 35.5. The summed E-state index contributed by atoms with van der Waals surface area (Å²) in [4.78, 5) is 0.0561. The Morgan fingerprint density at radius 2 is 1.83 bits per heavy atom. The Balaban J connectivity index is 1.86. The van der Waals surface area contributed by atoms with Crippen molar-refractivity contribution in [1.82, 2.24) is 4.72 Å². The summed E-state index contributed by atoms with van der Waals surface area (Å²) in [6, 6.07) is 9.02. The van der Waals surface area contributed by atoms with Crippen LogP contribution in [0.2, 0.25) is 10.0 Å². The van der Waals surface area contributed by atoms with Crippen molar-refractivity contribution in [3.05, 3.63) is 63.4 Å². The fourth-order valence-electron chi connectivity index (χ4n) is 1.96. The lowest BCUT2D eigenvalue weighted by Gasteiger charge is -2.09. The summed E-state index contributed by atoms with van der Waals surface area (Å²) in [6.45, 7) is 1.78. The van der Waals surface area contributed by atoms with Gasteiger partial charge in [0.05, 0.1) is 4.90 Å². The third-order valence-electron chi connectivity index (χ3n) is 3.29. The fourth-order valence-corrected chi connectivity index (χ4v) is 4.80. The Morgan fingerprint density at radius 1 is 1.17 bits per heavy atom. The first-order chi connectivity index (χ1) is 11.3. The lowest BCUT2D eigenvalue weighted by atomic mass is 10.2. The maximum absolute atomic E-state index is 13.2. The maximum Gasteiger partial charge on any atom is 0.240 e. The van der Waals surface area contributed by atoms with Gasteiger partial charge in [-0.2, -0.15) is 11.8 Å². The molecular formula is C16H16Cl2FNO2S2. The second-order valence-corrected chi connectivity index (χ2v) is 8.75. The molecule has 24 heavy (non-hydrogen) atoms. The molecule has 1 N–H and O–H groups in total. The predicted molar refractivity (Wildman–Crippen MR) is 98.9 cm³/mol. The number of hydrogen-bond donors (Lipinski definition) is 1. The predicted octanol–water partition coefficient (Wildman–Crippen LogP) is 4.65. The summed E-state index contributed by atoms with van der Waals surface area (Å²) in [5.41, 5.74) is 1.13. The van der Waals surface area contributed by atoms with E-state index in [1.807, 2.05) is 0 Å². The number of halogens is 3. The molecule has 0 heterocycles. The van der Waals surface area contributed by atoms with Crippen molar-refractivity contribution < 1.29 is 12.8 Å². The van der Waals surface area contributed by atoms with Crippen molar-refractivity contribution in [2.45, 2.75) is 17.6 Å². The lowest BCUT2D eigenvalue weighted by molar-refractivity contribution is 0.582. The van der Waals surface area contributed by atoms with E-state index in [1.165, 1.54) is 30.8 Å². The molecule has 0 fully saturated rings. The molecular weight excluding hydrogens is 392 g/mol. The van der Waals surface area contributed by atoms with E-state index < -0.39 is 15.8 Å². The first-order valence-electron chi connectivity index (χ1n) is 7.08. The quantitative estimate of drug-likeness (QED) is 0.679. The van der Waals surface area contributed by atoms with Gasteiger partial charge < -0.3 is 0 Å². The Hall–Kier alpha value is -0.790. The molecule has 0 radical (unpaired) electrons. The van der Waals surface area contributed by atoms with Gasteiger partial charge in [-0.3, -0.25) is 0 Å². The SMILES string of the molecule is Cc1cc(S(=O)(=O)NCCSCc2c(Cl)cccc2Cl)ccc1F. The minimum Gasteiger partial charge on any atom is -0.210 e. The fraction of sp³-hybridized carbons (Fsp3) is 0.250. The number of sulfonamides is 1. The molecule has 2 aromatic carbocycles. The summed E-state index contributed by atoms with van der Waals surface area (Å²) < 4.78 is 40.0. The van der Waals surface area contributed by atoms with Crippen molar-refractivity contribution in [2.24, 2.45) is 0 Å². The highest BCUT2D eigenvalue weighted by Crippen LogP contribution is 2.28. The Bertz CT molecular complexity index is 809. The lowest BCUT2D eigenvalue weighted by Crippen LogP contribution is -2.26. The first-order valence-corrected chi connectivity index (χ1v) is 10.5. The average Bonchev–Trinajstić information content (AvgIpc) is 2.52. The van der Waals surface area contributed by atoms with Crippen LogP contribution in [-0.2, 0) is 15.8 Å². The van der Waals surface area contributed by atoms with E-state index in [0.717, 1.165) is 11.6 Å². The molecule has 0 spiro atoms. The molecule has 0 aliphatic carbocycles. The van der Waals surface area contributed by atoms with Crippen molar-refractivity contribution in [3.8, 4) is 0 Å². The minimum atomic E-state index is -3.64. The summed E-state index contributed by atoms with van der Waals surface area (Å²) in [6.07, 6.45) is 0. The Kier molecular flexibility index (Phi) is 6.95. The molecule has 2 aromatic rings. The molecule has 0 aliphatic heterocycles. The number of thioether (sulfide) groups is 1. The van der Waals surface area contributed by atoms with Gasteiger partial charge in [-0.25, -0.2) is 17.5 Å². The van der Waals surface area contributed by atoms with Crippen LogP contribution in [0, 0.1) is 12.7 Å². The number of hydrogen-bond acceptors (Lipinski definition) is 3. The molecule has 0 saturated heterocycles. The molecule has 0 atom stereocenters. The summed E-state index contributed by atoms with van der Waals surface area (Å²) in [7, 11) is -3.64. The van der Waals surface area contributed by atoms with E-state index in [4.69, 9.17) is 23.2 Å². The van der Waals surface area contributed by atoms with Gasteiger partial charge >= 0.3 is 0 Å². The van der Waals surface area contributed by atoms with Gasteiger partial charge in [-0.1, -0.05) is 29.3 Å². The van der Waals surface area contributed by atoms with Gasteiger partial charge in [0, 0.05) is 28.1 Å². The second kappa shape index (κ2) is 8.54. The summed E-state index contributed by atoms with van der Waals surface area (Å²) in [5, 5.41) is 1.19. The van der Waals surface area contributed by atoms with Crippen LogP contribution in [0.3, 0.4) is 0 Å². The summed E-state index contributed by atoms with van der Waals surface area (Å²) >= 11 is 13.7. The van der Waals surface area contributed by atoms with Crippen LogP contribution >= 0.6 is 35.0 Å². The van der Waals surface area contributed by atoms with Crippen LogP contribution in [0.15, 0.2) is 41.3 Å². The minimum absolute atomic E-state index is 0.0561. The van der Waals surface area contributed by atoms with E-state index >= 15 is 0 Å². The van der Waals surface area contributed by atoms with Crippen LogP contribution in [0.4, 0.5) is 4.39 Å². The van der Waals surface area contributed by atoms with E-state index in [0.29, 0.717) is 27.1 Å². The maximum atomic E-state index is 13.2. The van der Waals surface area contributed by atoms with Crippen LogP contribution < -0.4 is 4.72 Å². The molecule has 8 heteroatoms. The normalized spacial score (nSPS) is 11.7. The van der Waals surface area contributed by atoms with E-state index in [1.54, 1.807) is 18.2 Å². The molecule has 0 amide bonds. The van der Waals surface area contributed by atoms with E-state index in [2.05, 4.69) is 4.72 Å². The third-order valence-corrected chi connectivity index (χ3v) is 6.44. The molecule has 3 nitrogen and oxygen atoms in total. The molecule has 2 rings (SSSR count). The monoisotopic (exact) mass is 407 g/mol. The number of rotatable bonds is 7. The van der Waals surface area contributed by atoms with E-state index in [-0.39, 0.29) is 11.4 Å². The molecule has 0 aliphatic rings. The number of aryl methyl sites for hydroxylation is 1. The number of nitrogens with one attached hydrogen (secondary N) is 1. The van der Waals surface area contributed by atoms with Crippen molar-refractivity contribution >= 4 is 45.0 Å². The van der Waals surface area contributed by atoms with Crippen LogP contribution in [0.5, 0.6) is 0 Å². The molecule has 130 valence electrons. The highest BCUT2D eigenvalue weighted by molar-refractivity contribution is 7.98. The Labute approximate surface area is 155 Å².